The number of nitrogens with one attached hydrogen (secondary N) is 2. The van der Waals surface area contributed by atoms with Gasteiger partial charge in [-0.05, 0) is 30.7 Å². The Bertz CT molecular complexity index is 931. The summed E-state index contributed by atoms with van der Waals surface area (Å²) in [5.74, 6) is -0.902. The molecule has 8 heteroatoms. The van der Waals surface area contributed by atoms with Crippen molar-refractivity contribution in [3.8, 4) is 5.75 Å². The highest BCUT2D eigenvalue weighted by Gasteiger charge is 2.59. The van der Waals surface area contributed by atoms with Gasteiger partial charge in [0.1, 0.15) is 23.2 Å². The lowest BCUT2D eigenvalue weighted by Gasteiger charge is -2.54. The number of ether oxygens (including phenoxy) is 2. The molecule has 1 amide bonds. The second-order valence-corrected chi connectivity index (χ2v) is 8.05. The van der Waals surface area contributed by atoms with E-state index in [4.69, 9.17) is 9.47 Å². The van der Waals surface area contributed by atoms with Crippen LogP contribution in [0.25, 0.3) is 0 Å². The molecular weight excluding hydrogens is 380 g/mol. The smallest absolute Gasteiger partial charge is 0.274 e. The molecule has 2 heterocycles. The number of fused-ring (bicyclic) bond motifs is 1. The van der Waals surface area contributed by atoms with Gasteiger partial charge >= 0.3 is 0 Å². The lowest BCUT2D eigenvalue weighted by atomic mass is 9.57. The topological polar surface area (TPSA) is 72.5 Å². The number of pyridine rings is 1. The molecule has 2 fully saturated rings. The van der Waals surface area contributed by atoms with E-state index in [-0.39, 0.29) is 46.6 Å². The van der Waals surface area contributed by atoms with Crippen LogP contribution in [0.15, 0.2) is 30.3 Å². The highest BCUT2D eigenvalue weighted by molar-refractivity contribution is 5.95. The predicted molar refractivity (Wildman–Crippen MR) is 103 cm³/mol. The fourth-order valence-corrected chi connectivity index (χ4v) is 4.44. The van der Waals surface area contributed by atoms with Crippen molar-refractivity contribution in [2.24, 2.45) is 11.3 Å². The molecule has 29 heavy (non-hydrogen) atoms. The van der Waals surface area contributed by atoms with Gasteiger partial charge < -0.3 is 20.1 Å². The number of carbonyl (C=O) groups is 1. The first kappa shape index (κ1) is 19.6. The van der Waals surface area contributed by atoms with Crippen LogP contribution in [0.4, 0.5) is 20.3 Å². The van der Waals surface area contributed by atoms with E-state index in [9.17, 15) is 13.6 Å². The van der Waals surface area contributed by atoms with E-state index in [0.717, 1.165) is 24.6 Å². The normalized spacial score (nSPS) is 24.4. The third-order valence-electron chi connectivity index (χ3n) is 5.82. The number of carbonyl (C=O) groups excluding carboxylic acids is 1. The summed E-state index contributed by atoms with van der Waals surface area (Å²) in [5.41, 5.74) is 0.129. The van der Waals surface area contributed by atoms with Gasteiger partial charge in [-0.1, -0.05) is 13.8 Å². The Morgan fingerprint density at radius 3 is 2.66 bits per heavy atom. The van der Waals surface area contributed by atoms with Gasteiger partial charge in [-0.15, -0.1) is 0 Å². The first-order valence-electron chi connectivity index (χ1n) is 9.50. The highest BCUT2D eigenvalue weighted by Crippen LogP contribution is 2.52. The molecule has 1 aromatic carbocycles. The number of rotatable bonds is 5. The molecule has 154 valence electrons. The summed E-state index contributed by atoms with van der Waals surface area (Å²) in [6.07, 6.45) is 1.06. The van der Waals surface area contributed by atoms with E-state index < -0.39 is 11.6 Å². The maximum absolute atomic E-state index is 13.4. The van der Waals surface area contributed by atoms with E-state index in [0.29, 0.717) is 12.4 Å². The predicted octanol–water partition coefficient (Wildman–Crippen LogP) is 3.66. The number of hydrogen-bond donors (Lipinski definition) is 2. The summed E-state index contributed by atoms with van der Waals surface area (Å²) < 4.78 is 37.9. The summed E-state index contributed by atoms with van der Waals surface area (Å²) in [4.78, 5) is 17.3. The Morgan fingerprint density at radius 1 is 1.24 bits per heavy atom. The number of methoxy groups -OCH3 is 1. The molecule has 0 bridgehead atoms. The van der Waals surface area contributed by atoms with Crippen molar-refractivity contribution < 1.29 is 23.0 Å². The van der Waals surface area contributed by atoms with Crippen LogP contribution >= 0.6 is 0 Å². The first-order valence-corrected chi connectivity index (χ1v) is 9.50. The van der Waals surface area contributed by atoms with Crippen molar-refractivity contribution in [1.82, 2.24) is 10.3 Å². The second kappa shape index (κ2) is 7.26. The van der Waals surface area contributed by atoms with Gasteiger partial charge in [0.15, 0.2) is 5.69 Å². The minimum atomic E-state index is -0.709. The molecule has 3 unspecified atom stereocenters. The Kier molecular flexibility index (Phi) is 4.90. The minimum absolute atomic E-state index is 0.0251. The van der Waals surface area contributed by atoms with E-state index in [1.165, 1.54) is 7.11 Å². The van der Waals surface area contributed by atoms with Crippen molar-refractivity contribution in [1.29, 1.82) is 0 Å². The number of aromatic nitrogens is 1. The molecule has 0 radical (unpaired) electrons. The Balaban J connectivity index is 1.56. The van der Waals surface area contributed by atoms with Crippen molar-refractivity contribution in [3.63, 3.8) is 0 Å². The van der Waals surface area contributed by atoms with Crippen molar-refractivity contribution in [3.05, 3.63) is 47.7 Å². The summed E-state index contributed by atoms with van der Waals surface area (Å²) >= 11 is 0. The largest absolute Gasteiger partial charge is 0.494 e. The number of halogens is 2. The van der Waals surface area contributed by atoms with E-state index in [1.807, 2.05) is 0 Å². The zero-order chi connectivity index (χ0) is 20.8. The maximum Gasteiger partial charge on any atom is 0.274 e. The molecule has 1 saturated carbocycles. The molecule has 3 atom stereocenters. The Labute approximate surface area is 167 Å². The van der Waals surface area contributed by atoms with Crippen LogP contribution < -0.4 is 15.4 Å². The molecule has 1 saturated heterocycles. The van der Waals surface area contributed by atoms with E-state index in [1.54, 1.807) is 12.1 Å². The number of amides is 1. The number of benzene rings is 1. The summed E-state index contributed by atoms with van der Waals surface area (Å²) in [5, 5.41) is 5.89. The monoisotopic (exact) mass is 403 g/mol. The number of anilines is 2. The lowest BCUT2D eigenvalue weighted by molar-refractivity contribution is -0.108. The average molecular weight is 403 g/mol. The van der Waals surface area contributed by atoms with Gasteiger partial charge in [0.25, 0.3) is 5.91 Å². The first-order chi connectivity index (χ1) is 13.8. The van der Waals surface area contributed by atoms with Crippen LogP contribution in [0.1, 0.15) is 30.8 Å². The lowest BCUT2D eigenvalue weighted by Crippen LogP contribution is -2.66. The molecule has 4 rings (SSSR count). The second-order valence-electron chi connectivity index (χ2n) is 8.05. The number of nitrogens with zero attached hydrogens (tertiary/aromatic N) is 1. The average Bonchev–Trinajstić information content (AvgIpc) is 3.12. The van der Waals surface area contributed by atoms with Gasteiger partial charge in [0.2, 0.25) is 0 Å². The summed E-state index contributed by atoms with van der Waals surface area (Å²) in [7, 11) is 1.46. The SMILES string of the molecule is COc1ccc(Nc2cc(F)cc(F)c2)nc1C(=O)NC1C2CCOC2C1(C)C. The van der Waals surface area contributed by atoms with Crippen LogP contribution in [-0.2, 0) is 4.74 Å². The fourth-order valence-electron chi connectivity index (χ4n) is 4.44. The zero-order valence-corrected chi connectivity index (χ0v) is 16.5. The van der Waals surface area contributed by atoms with Gasteiger partial charge in [-0.2, -0.15) is 0 Å². The van der Waals surface area contributed by atoms with Crippen molar-refractivity contribution >= 4 is 17.4 Å². The van der Waals surface area contributed by atoms with Gasteiger partial charge in [-0.3, -0.25) is 4.79 Å². The summed E-state index contributed by atoms with van der Waals surface area (Å²) in [6, 6.07) is 6.21. The van der Waals surface area contributed by atoms with Gasteiger partial charge in [0, 0.05) is 35.7 Å². The zero-order valence-electron chi connectivity index (χ0n) is 16.5. The van der Waals surface area contributed by atoms with E-state index in [2.05, 4.69) is 29.5 Å². The van der Waals surface area contributed by atoms with Gasteiger partial charge in [-0.25, -0.2) is 13.8 Å². The quantitative estimate of drug-likeness (QED) is 0.797. The Hall–Kier alpha value is -2.74. The molecule has 1 aliphatic heterocycles. The molecule has 2 aromatic rings. The van der Waals surface area contributed by atoms with E-state index >= 15 is 0 Å². The highest BCUT2D eigenvalue weighted by atomic mass is 19.1. The standard InChI is InChI=1S/C21H23F2N3O3/c1-21(2)18(14-6-7-29-19(14)21)26-20(27)17-15(28-3)4-5-16(25-17)24-13-9-11(22)8-12(23)10-13/h4-5,8-10,14,18-19H,6-7H2,1-3H3,(H,24,25)(H,26,27). The van der Waals surface area contributed by atoms with Gasteiger partial charge in [0.05, 0.1) is 13.2 Å². The Morgan fingerprint density at radius 2 is 1.97 bits per heavy atom. The van der Waals surface area contributed by atoms with Crippen LogP contribution in [0.2, 0.25) is 0 Å². The van der Waals surface area contributed by atoms with Crippen LogP contribution in [-0.4, -0.2) is 36.8 Å². The van der Waals surface area contributed by atoms with Crippen LogP contribution in [0, 0.1) is 23.0 Å². The van der Waals surface area contributed by atoms with Crippen molar-refractivity contribution in [2.45, 2.75) is 32.4 Å². The minimum Gasteiger partial charge on any atom is -0.494 e. The molecular formula is C21H23F2N3O3. The third-order valence-corrected chi connectivity index (χ3v) is 5.82. The fraction of sp³-hybridized carbons (Fsp3) is 0.429. The molecule has 1 aliphatic carbocycles. The molecule has 1 aromatic heterocycles. The third kappa shape index (κ3) is 3.53. The molecule has 2 aliphatic rings. The molecule has 6 nitrogen and oxygen atoms in total. The number of hydrogen-bond acceptors (Lipinski definition) is 5. The van der Waals surface area contributed by atoms with Crippen LogP contribution in [0.5, 0.6) is 5.75 Å². The molecule has 2 N–H and O–H groups in total. The maximum atomic E-state index is 13.4. The van der Waals surface area contributed by atoms with Crippen LogP contribution in [0.3, 0.4) is 0 Å². The summed E-state index contributed by atoms with van der Waals surface area (Å²) in [6.45, 7) is 4.85. The molecule has 0 spiro atoms. The van der Waals surface area contributed by atoms with Crippen molar-refractivity contribution in [2.75, 3.05) is 19.0 Å².